The van der Waals surface area contributed by atoms with Crippen LogP contribution in [0.3, 0.4) is 0 Å². The highest BCUT2D eigenvalue weighted by Gasteiger charge is 2.18. The van der Waals surface area contributed by atoms with Crippen molar-refractivity contribution in [2.75, 3.05) is 6.54 Å². The van der Waals surface area contributed by atoms with Crippen LogP contribution in [0.1, 0.15) is 46.2 Å². The third-order valence-corrected chi connectivity index (χ3v) is 3.74. The van der Waals surface area contributed by atoms with Gasteiger partial charge in [0.15, 0.2) is 0 Å². The Morgan fingerprint density at radius 3 is 1.89 bits per heavy atom. The summed E-state index contributed by atoms with van der Waals surface area (Å²) in [5.41, 5.74) is 1.14. The van der Waals surface area contributed by atoms with E-state index in [1.807, 2.05) is 12.1 Å². The topological polar surface area (TPSA) is 12.0 Å². The number of halogens is 1. The molecule has 0 aliphatic carbocycles. The normalized spacial score (nSPS) is 13.6. The van der Waals surface area contributed by atoms with Crippen molar-refractivity contribution in [2.45, 2.75) is 40.7 Å². The molecule has 0 aromatic heterocycles. The average molecular weight is 251 g/mol. The summed E-state index contributed by atoms with van der Waals surface area (Å²) in [6.07, 6.45) is 0. The molecule has 1 unspecified atom stereocenters. The summed E-state index contributed by atoms with van der Waals surface area (Å²) < 4.78 is 12.9. The molecule has 0 heterocycles. The van der Waals surface area contributed by atoms with Crippen molar-refractivity contribution < 1.29 is 4.39 Å². The van der Waals surface area contributed by atoms with Crippen LogP contribution in [-0.2, 0) is 0 Å². The molecular weight excluding hydrogens is 225 g/mol. The van der Waals surface area contributed by atoms with Crippen molar-refractivity contribution in [1.82, 2.24) is 5.32 Å². The number of rotatable bonds is 6. The van der Waals surface area contributed by atoms with Gasteiger partial charge in [-0.05, 0) is 48.9 Å². The maximum absolute atomic E-state index is 12.9. The molecule has 1 N–H and O–H groups in total. The fourth-order valence-corrected chi connectivity index (χ4v) is 2.42. The van der Waals surface area contributed by atoms with Crippen molar-refractivity contribution >= 4 is 0 Å². The molecule has 0 spiro atoms. The molecule has 1 nitrogen and oxygen atoms in total. The Kier molecular flexibility index (Phi) is 5.80. The molecule has 0 saturated carbocycles. The maximum Gasteiger partial charge on any atom is 0.123 e. The van der Waals surface area contributed by atoms with Gasteiger partial charge < -0.3 is 5.32 Å². The van der Waals surface area contributed by atoms with Gasteiger partial charge in [0.1, 0.15) is 5.82 Å². The van der Waals surface area contributed by atoms with E-state index >= 15 is 0 Å². The van der Waals surface area contributed by atoms with Gasteiger partial charge in [-0.25, -0.2) is 4.39 Å². The maximum atomic E-state index is 12.9. The molecule has 1 aromatic carbocycles. The van der Waals surface area contributed by atoms with Crippen molar-refractivity contribution in [3.8, 4) is 0 Å². The van der Waals surface area contributed by atoms with E-state index in [9.17, 15) is 4.39 Å². The molecule has 1 atom stereocenters. The van der Waals surface area contributed by atoms with E-state index in [1.54, 1.807) is 0 Å². The highest BCUT2D eigenvalue weighted by atomic mass is 19.1. The summed E-state index contributed by atoms with van der Waals surface area (Å²) in [6, 6.07) is 7.02. The zero-order valence-electron chi connectivity index (χ0n) is 12.2. The van der Waals surface area contributed by atoms with Crippen LogP contribution < -0.4 is 5.32 Å². The first-order chi connectivity index (χ1) is 8.41. The lowest BCUT2D eigenvalue weighted by atomic mass is 9.85. The Labute approximate surface area is 111 Å². The smallest absolute Gasteiger partial charge is 0.123 e. The third kappa shape index (κ3) is 4.41. The summed E-state index contributed by atoms with van der Waals surface area (Å²) >= 11 is 0. The van der Waals surface area contributed by atoms with E-state index in [1.165, 1.54) is 12.1 Å². The third-order valence-electron chi connectivity index (χ3n) is 3.74. The fourth-order valence-electron chi connectivity index (χ4n) is 2.42. The molecule has 1 rings (SSSR count). The summed E-state index contributed by atoms with van der Waals surface area (Å²) in [5.74, 6) is 1.86. The fraction of sp³-hybridized carbons (Fsp3) is 0.625. The van der Waals surface area contributed by atoms with Gasteiger partial charge in [0.25, 0.3) is 0 Å². The predicted molar refractivity (Wildman–Crippen MR) is 76.0 cm³/mol. The number of nitrogens with one attached hydrogen (secondary N) is 1. The second-order valence-corrected chi connectivity index (χ2v) is 5.83. The largest absolute Gasteiger partial charge is 0.310 e. The molecule has 18 heavy (non-hydrogen) atoms. The van der Waals surface area contributed by atoms with Gasteiger partial charge >= 0.3 is 0 Å². The average Bonchev–Trinajstić information content (AvgIpc) is 2.28. The molecule has 0 fully saturated rings. The molecule has 1 aromatic rings. The van der Waals surface area contributed by atoms with Gasteiger partial charge in [0.2, 0.25) is 0 Å². The molecule has 0 bridgehead atoms. The highest BCUT2D eigenvalue weighted by molar-refractivity contribution is 5.19. The van der Waals surface area contributed by atoms with Gasteiger partial charge in [-0.2, -0.15) is 0 Å². The quantitative estimate of drug-likeness (QED) is 0.790. The van der Waals surface area contributed by atoms with Crippen molar-refractivity contribution in [3.63, 3.8) is 0 Å². The summed E-state index contributed by atoms with van der Waals surface area (Å²) in [5, 5.41) is 3.56. The zero-order valence-corrected chi connectivity index (χ0v) is 12.2. The molecule has 0 amide bonds. The molecule has 0 saturated heterocycles. The second kappa shape index (κ2) is 6.89. The lowest BCUT2D eigenvalue weighted by molar-refractivity contribution is 0.268. The van der Waals surface area contributed by atoms with Crippen LogP contribution in [0.15, 0.2) is 24.3 Å². The van der Waals surface area contributed by atoms with Gasteiger partial charge in [-0.3, -0.25) is 0 Å². The van der Waals surface area contributed by atoms with Crippen molar-refractivity contribution in [2.24, 2.45) is 17.8 Å². The number of benzene rings is 1. The van der Waals surface area contributed by atoms with E-state index in [-0.39, 0.29) is 11.9 Å². The van der Waals surface area contributed by atoms with Crippen LogP contribution in [0.4, 0.5) is 4.39 Å². The lowest BCUT2D eigenvalue weighted by Crippen LogP contribution is -2.31. The Bertz CT molecular complexity index is 335. The first kappa shape index (κ1) is 15.2. The SMILES string of the molecule is CC(NCC(C(C)C)C(C)C)c1ccc(F)cc1. The Morgan fingerprint density at radius 2 is 1.44 bits per heavy atom. The van der Waals surface area contributed by atoms with Gasteiger partial charge in [-0.15, -0.1) is 0 Å². The summed E-state index contributed by atoms with van der Waals surface area (Å²) in [6.45, 7) is 12.2. The molecule has 102 valence electrons. The predicted octanol–water partition coefficient (Wildman–Crippen LogP) is 4.40. The van der Waals surface area contributed by atoms with E-state index in [4.69, 9.17) is 0 Å². The van der Waals surface area contributed by atoms with Crippen molar-refractivity contribution in [3.05, 3.63) is 35.6 Å². The van der Waals surface area contributed by atoms with Crippen LogP contribution in [0.5, 0.6) is 0 Å². The van der Waals surface area contributed by atoms with Crippen LogP contribution in [-0.4, -0.2) is 6.54 Å². The molecule has 0 radical (unpaired) electrons. The van der Waals surface area contributed by atoms with Crippen LogP contribution in [0, 0.1) is 23.6 Å². The van der Waals surface area contributed by atoms with Crippen LogP contribution in [0.25, 0.3) is 0 Å². The number of hydrogen-bond acceptors (Lipinski definition) is 1. The van der Waals surface area contributed by atoms with E-state index in [0.29, 0.717) is 17.8 Å². The van der Waals surface area contributed by atoms with E-state index in [2.05, 4.69) is 39.9 Å². The summed E-state index contributed by atoms with van der Waals surface area (Å²) in [7, 11) is 0. The van der Waals surface area contributed by atoms with E-state index in [0.717, 1.165) is 12.1 Å². The van der Waals surface area contributed by atoms with Crippen molar-refractivity contribution in [1.29, 1.82) is 0 Å². The first-order valence-electron chi connectivity index (χ1n) is 6.90. The Morgan fingerprint density at radius 1 is 0.944 bits per heavy atom. The minimum Gasteiger partial charge on any atom is -0.310 e. The van der Waals surface area contributed by atoms with E-state index < -0.39 is 0 Å². The zero-order chi connectivity index (χ0) is 13.7. The Hall–Kier alpha value is -0.890. The molecule has 0 aliphatic heterocycles. The van der Waals surface area contributed by atoms with Crippen LogP contribution >= 0.6 is 0 Å². The number of hydrogen-bond donors (Lipinski definition) is 1. The van der Waals surface area contributed by atoms with Gasteiger partial charge in [0.05, 0.1) is 0 Å². The second-order valence-electron chi connectivity index (χ2n) is 5.83. The molecule has 0 aliphatic rings. The van der Waals surface area contributed by atoms with Gasteiger partial charge in [0, 0.05) is 6.04 Å². The summed E-state index contributed by atoms with van der Waals surface area (Å²) in [4.78, 5) is 0. The van der Waals surface area contributed by atoms with Crippen LogP contribution in [0.2, 0.25) is 0 Å². The standard InChI is InChI=1S/C16H26FN/c1-11(2)16(12(3)4)10-18-13(5)14-6-8-15(17)9-7-14/h6-9,11-13,16,18H,10H2,1-5H3. The van der Waals surface area contributed by atoms with Gasteiger partial charge in [-0.1, -0.05) is 39.8 Å². The molecular formula is C16H26FN. The Balaban J connectivity index is 2.54. The lowest BCUT2D eigenvalue weighted by Gasteiger charge is -2.27. The minimum absolute atomic E-state index is 0.173. The minimum atomic E-state index is -0.173. The first-order valence-corrected chi connectivity index (χ1v) is 6.90. The molecule has 2 heteroatoms. The monoisotopic (exact) mass is 251 g/mol. The highest BCUT2D eigenvalue weighted by Crippen LogP contribution is 2.21.